The summed E-state index contributed by atoms with van der Waals surface area (Å²) in [5.41, 5.74) is 0.732. The highest BCUT2D eigenvalue weighted by atomic mass is 16.3. The fourth-order valence-corrected chi connectivity index (χ4v) is 1.94. The minimum atomic E-state index is -0.468. The van der Waals surface area contributed by atoms with E-state index in [4.69, 9.17) is 0 Å². The first-order valence-electron chi connectivity index (χ1n) is 5.29. The molecule has 1 N–H and O–H groups in total. The van der Waals surface area contributed by atoms with E-state index in [0.29, 0.717) is 5.92 Å². The van der Waals surface area contributed by atoms with Crippen LogP contribution in [0, 0.1) is 5.92 Å². The number of aryl methyl sites for hydroxylation is 2. The first kappa shape index (κ1) is 9.71. The number of nitrogens with zero attached hydrogens (tertiary/aromatic N) is 2. The molecule has 0 spiro atoms. The van der Waals surface area contributed by atoms with E-state index in [1.54, 1.807) is 6.20 Å². The van der Waals surface area contributed by atoms with E-state index < -0.39 is 5.60 Å². The van der Waals surface area contributed by atoms with Gasteiger partial charge in [0.05, 0.1) is 5.60 Å². The van der Waals surface area contributed by atoms with Crippen LogP contribution in [-0.2, 0) is 13.5 Å². The van der Waals surface area contributed by atoms with Crippen molar-refractivity contribution in [3.05, 3.63) is 18.0 Å². The molecule has 0 radical (unpaired) electrons. The zero-order valence-corrected chi connectivity index (χ0v) is 8.90. The van der Waals surface area contributed by atoms with Gasteiger partial charge in [-0.15, -0.1) is 0 Å². The molecule has 1 atom stereocenters. The Kier molecular flexibility index (Phi) is 2.35. The van der Waals surface area contributed by atoms with Crippen LogP contribution in [-0.4, -0.2) is 20.5 Å². The zero-order valence-electron chi connectivity index (χ0n) is 8.90. The van der Waals surface area contributed by atoms with Crippen molar-refractivity contribution in [2.24, 2.45) is 13.0 Å². The van der Waals surface area contributed by atoms with E-state index in [1.165, 1.54) is 18.5 Å². The summed E-state index contributed by atoms with van der Waals surface area (Å²) in [6, 6.07) is 2.02. The standard InChI is InChI=1S/C11H18N2O/c1-11(14,9-3-4-9)7-5-10-6-8-12-13(10)2/h6,8-9,14H,3-5,7H2,1-2H3. The summed E-state index contributed by atoms with van der Waals surface area (Å²) in [5, 5.41) is 14.2. The van der Waals surface area contributed by atoms with Crippen molar-refractivity contribution >= 4 is 0 Å². The van der Waals surface area contributed by atoms with Crippen LogP contribution in [0.1, 0.15) is 31.9 Å². The van der Waals surface area contributed by atoms with Gasteiger partial charge in [0.15, 0.2) is 0 Å². The zero-order chi connectivity index (χ0) is 10.2. The molecular weight excluding hydrogens is 176 g/mol. The quantitative estimate of drug-likeness (QED) is 0.789. The molecule has 0 aromatic carbocycles. The molecule has 2 rings (SSSR count). The van der Waals surface area contributed by atoms with Crippen molar-refractivity contribution < 1.29 is 5.11 Å². The average Bonchev–Trinajstić information content (AvgIpc) is 2.89. The van der Waals surface area contributed by atoms with Gasteiger partial charge in [-0.05, 0) is 44.6 Å². The first-order valence-corrected chi connectivity index (χ1v) is 5.29. The molecule has 1 heterocycles. The largest absolute Gasteiger partial charge is 0.390 e. The van der Waals surface area contributed by atoms with Crippen LogP contribution in [0.25, 0.3) is 0 Å². The molecule has 1 aliphatic rings. The first-order chi connectivity index (χ1) is 6.59. The second kappa shape index (κ2) is 3.39. The van der Waals surface area contributed by atoms with Crippen LogP contribution in [0.5, 0.6) is 0 Å². The maximum Gasteiger partial charge on any atom is 0.0651 e. The van der Waals surface area contributed by atoms with E-state index in [1.807, 2.05) is 24.7 Å². The second-order valence-electron chi connectivity index (χ2n) is 4.58. The molecule has 78 valence electrons. The number of aromatic nitrogens is 2. The molecule has 3 nitrogen and oxygen atoms in total. The van der Waals surface area contributed by atoms with E-state index >= 15 is 0 Å². The van der Waals surface area contributed by atoms with E-state index in [-0.39, 0.29) is 0 Å². The molecule has 1 aromatic rings. The maximum atomic E-state index is 10.1. The minimum Gasteiger partial charge on any atom is -0.390 e. The Hall–Kier alpha value is -0.830. The molecule has 0 amide bonds. The van der Waals surface area contributed by atoms with Crippen molar-refractivity contribution in [1.82, 2.24) is 9.78 Å². The van der Waals surface area contributed by atoms with Crippen LogP contribution >= 0.6 is 0 Å². The Balaban J connectivity index is 1.90. The van der Waals surface area contributed by atoms with Gasteiger partial charge in [0.1, 0.15) is 0 Å². The third-order valence-corrected chi connectivity index (χ3v) is 3.27. The maximum absolute atomic E-state index is 10.1. The lowest BCUT2D eigenvalue weighted by Gasteiger charge is -2.22. The lowest BCUT2D eigenvalue weighted by Crippen LogP contribution is -2.27. The molecule has 1 aliphatic carbocycles. The van der Waals surface area contributed by atoms with Crippen LogP contribution in [0.4, 0.5) is 0 Å². The summed E-state index contributed by atoms with van der Waals surface area (Å²) in [6.07, 6.45) is 5.95. The van der Waals surface area contributed by atoms with E-state index in [0.717, 1.165) is 12.8 Å². The van der Waals surface area contributed by atoms with Crippen LogP contribution < -0.4 is 0 Å². The Morgan fingerprint density at radius 3 is 2.86 bits per heavy atom. The molecule has 1 aromatic heterocycles. The molecular formula is C11H18N2O. The molecule has 0 bridgehead atoms. The molecule has 0 aliphatic heterocycles. The third kappa shape index (κ3) is 1.98. The molecule has 14 heavy (non-hydrogen) atoms. The summed E-state index contributed by atoms with van der Waals surface area (Å²) in [7, 11) is 1.95. The number of aliphatic hydroxyl groups is 1. The Bertz CT molecular complexity index is 313. The SMILES string of the molecule is Cn1nccc1CCC(C)(O)C1CC1. The van der Waals surface area contributed by atoms with E-state index in [2.05, 4.69) is 5.10 Å². The summed E-state index contributed by atoms with van der Waals surface area (Å²) in [4.78, 5) is 0. The van der Waals surface area contributed by atoms with Crippen molar-refractivity contribution in [3.8, 4) is 0 Å². The highest BCUT2D eigenvalue weighted by molar-refractivity contribution is 5.02. The van der Waals surface area contributed by atoms with Gasteiger partial charge in [0.25, 0.3) is 0 Å². The van der Waals surface area contributed by atoms with Gasteiger partial charge in [-0.25, -0.2) is 0 Å². The molecule has 0 saturated heterocycles. The van der Waals surface area contributed by atoms with Gasteiger partial charge < -0.3 is 5.11 Å². The molecule has 1 saturated carbocycles. The summed E-state index contributed by atoms with van der Waals surface area (Å²) >= 11 is 0. The van der Waals surface area contributed by atoms with Crippen LogP contribution in [0.2, 0.25) is 0 Å². The molecule has 1 fully saturated rings. The average molecular weight is 194 g/mol. The third-order valence-electron chi connectivity index (χ3n) is 3.27. The number of hydrogen-bond acceptors (Lipinski definition) is 2. The lowest BCUT2D eigenvalue weighted by atomic mass is 9.94. The highest BCUT2D eigenvalue weighted by Gasteiger charge is 2.39. The van der Waals surface area contributed by atoms with Gasteiger partial charge in [0.2, 0.25) is 0 Å². The smallest absolute Gasteiger partial charge is 0.0651 e. The van der Waals surface area contributed by atoms with Gasteiger partial charge in [-0.3, -0.25) is 4.68 Å². The van der Waals surface area contributed by atoms with Gasteiger partial charge in [-0.2, -0.15) is 5.10 Å². The van der Waals surface area contributed by atoms with Gasteiger partial charge >= 0.3 is 0 Å². The Morgan fingerprint density at radius 2 is 2.36 bits per heavy atom. The van der Waals surface area contributed by atoms with Gasteiger partial charge in [0, 0.05) is 18.9 Å². The molecule has 3 heteroatoms. The monoisotopic (exact) mass is 194 g/mol. The lowest BCUT2D eigenvalue weighted by molar-refractivity contribution is 0.0279. The Labute approximate surface area is 84.7 Å². The van der Waals surface area contributed by atoms with Crippen molar-refractivity contribution in [2.45, 2.75) is 38.2 Å². The van der Waals surface area contributed by atoms with E-state index in [9.17, 15) is 5.11 Å². The predicted octanol–water partition coefficient (Wildman–Crippen LogP) is 1.51. The normalized spacial score (nSPS) is 20.8. The van der Waals surface area contributed by atoms with Crippen LogP contribution in [0.15, 0.2) is 12.3 Å². The summed E-state index contributed by atoms with van der Waals surface area (Å²) in [6.45, 7) is 1.96. The van der Waals surface area contributed by atoms with Crippen molar-refractivity contribution in [3.63, 3.8) is 0 Å². The number of rotatable bonds is 4. The van der Waals surface area contributed by atoms with Crippen LogP contribution in [0.3, 0.4) is 0 Å². The Morgan fingerprint density at radius 1 is 1.64 bits per heavy atom. The predicted molar refractivity (Wildman–Crippen MR) is 54.9 cm³/mol. The van der Waals surface area contributed by atoms with Gasteiger partial charge in [-0.1, -0.05) is 0 Å². The fourth-order valence-electron chi connectivity index (χ4n) is 1.94. The summed E-state index contributed by atoms with van der Waals surface area (Å²) in [5.74, 6) is 0.538. The highest BCUT2D eigenvalue weighted by Crippen LogP contribution is 2.41. The summed E-state index contributed by atoms with van der Waals surface area (Å²) < 4.78 is 1.88. The minimum absolute atomic E-state index is 0.468. The van der Waals surface area contributed by atoms with Crippen molar-refractivity contribution in [2.75, 3.05) is 0 Å². The molecule has 1 unspecified atom stereocenters. The second-order valence-corrected chi connectivity index (χ2v) is 4.58. The van der Waals surface area contributed by atoms with Crippen molar-refractivity contribution in [1.29, 1.82) is 0 Å². The fraction of sp³-hybridized carbons (Fsp3) is 0.727. The number of hydrogen-bond donors (Lipinski definition) is 1. The topological polar surface area (TPSA) is 38.0 Å².